The third-order valence-corrected chi connectivity index (χ3v) is 8.28. The van der Waals surface area contributed by atoms with E-state index < -0.39 is 0 Å². The fourth-order valence-electron chi connectivity index (χ4n) is 6.28. The Balaban J connectivity index is 1.32. The second kappa shape index (κ2) is 7.12. The fourth-order valence-corrected chi connectivity index (χ4v) is 6.28. The van der Waals surface area contributed by atoms with E-state index in [-0.39, 0.29) is 5.41 Å². The van der Waals surface area contributed by atoms with Crippen LogP contribution in [0.15, 0.2) is 99.8 Å². The molecule has 0 bridgehead atoms. The summed E-state index contributed by atoms with van der Waals surface area (Å²) in [5.74, 6) is 0. The Bertz CT molecular complexity index is 2050. The molecule has 0 unspecified atom stereocenters. The molecule has 0 saturated carbocycles. The molecule has 2 N–H and O–H groups in total. The average molecular weight is 480 g/mol. The summed E-state index contributed by atoms with van der Waals surface area (Å²) in [5, 5.41) is 4.38. The Labute approximate surface area is 214 Å². The molecule has 1 aliphatic rings. The number of benzene rings is 5. The number of rotatable bonds is 2. The lowest BCUT2D eigenvalue weighted by Gasteiger charge is -2.22. The highest BCUT2D eigenvalue weighted by molar-refractivity contribution is 6.15. The van der Waals surface area contributed by atoms with Gasteiger partial charge in [0.15, 0.2) is 0 Å². The Hall–Kier alpha value is -4.34. The maximum absolute atomic E-state index is 6.26. The van der Waals surface area contributed by atoms with Gasteiger partial charge in [0.2, 0.25) is 0 Å². The average Bonchev–Trinajstić information content (AvgIpc) is 3.54. The SMILES string of the molecule is CC1(C)c2ccccc2-c2ccc(-c3ccc4oc5cc6oc7ccc(CN)cc7c6cc5c4c3)cc21. The molecule has 3 nitrogen and oxygen atoms in total. The topological polar surface area (TPSA) is 52.3 Å². The lowest BCUT2D eigenvalue weighted by molar-refractivity contribution is 0.656. The number of nitrogens with two attached hydrogens (primary N) is 1. The van der Waals surface area contributed by atoms with Crippen molar-refractivity contribution in [2.24, 2.45) is 5.73 Å². The van der Waals surface area contributed by atoms with Crippen molar-refractivity contribution < 1.29 is 8.83 Å². The van der Waals surface area contributed by atoms with Gasteiger partial charge < -0.3 is 14.6 Å². The molecule has 0 amide bonds. The molecular weight excluding hydrogens is 454 g/mol. The van der Waals surface area contributed by atoms with Crippen molar-refractivity contribution in [1.29, 1.82) is 0 Å². The van der Waals surface area contributed by atoms with Gasteiger partial charge in [-0.3, -0.25) is 0 Å². The predicted molar refractivity (Wildman–Crippen MR) is 152 cm³/mol. The maximum atomic E-state index is 6.26. The normalized spacial score (nSPS) is 14.1. The van der Waals surface area contributed by atoms with Crippen LogP contribution in [0.4, 0.5) is 0 Å². The van der Waals surface area contributed by atoms with Crippen LogP contribution in [0.3, 0.4) is 0 Å². The number of hydrogen-bond donors (Lipinski definition) is 1. The van der Waals surface area contributed by atoms with E-state index in [2.05, 4.69) is 86.6 Å². The molecule has 0 atom stereocenters. The Kier molecular flexibility index (Phi) is 4.00. The Morgan fingerprint density at radius 2 is 1.19 bits per heavy atom. The van der Waals surface area contributed by atoms with E-state index in [1.54, 1.807) is 0 Å². The van der Waals surface area contributed by atoms with E-state index >= 15 is 0 Å². The van der Waals surface area contributed by atoms with E-state index in [0.29, 0.717) is 6.54 Å². The summed E-state index contributed by atoms with van der Waals surface area (Å²) in [5.41, 5.74) is 18.3. The van der Waals surface area contributed by atoms with Crippen molar-refractivity contribution in [2.45, 2.75) is 25.8 Å². The second-order valence-corrected chi connectivity index (χ2v) is 10.7. The smallest absolute Gasteiger partial charge is 0.139 e. The van der Waals surface area contributed by atoms with Crippen molar-refractivity contribution in [3.05, 3.63) is 108 Å². The van der Waals surface area contributed by atoms with Crippen LogP contribution in [-0.4, -0.2) is 0 Å². The zero-order valence-corrected chi connectivity index (χ0v) is 20.8. The van der Waals surface area contributed by atoms with Gasteiger partial charge in [-0.05, 0) is 75.3 Å². The van der Waals surface area contributed by atoms with Crippen LogP contribution in [0.2, 0.25) is 0 Å². The van der Waals surface area contributed by atoms with E-state index in [0.717, 1.165) is 49.4 Å². The van der Waals surface area contributed by atoms with Crippen LogP contribution in [-0.2, 0) is 12.0 Å². The predicted octanol–water partition coefficient (Wildman–Crippen LogP) is 8.92. The third kappa shape index (κ3) is 2.80. The maximum Gasteiger partial charge on any atom is 0.139 e. The molecule has 7 aromatic rings. The van der Waals surface area contributed by atoms with Gasteiger partial charge in [0.25, 0.3) is 0 Å². The molecule has 8 rings (SSSR count). The van der Waals surface area contributed by atoms with E-state index in [4.69, 9.17) is 14.6 Å². The van der Waals surface area contributed by atoms with Crippen molar-refractivity contribution in [2.75, 3.05) is 0 Å². The summed E-state index contributed by atoms with van der Waals surface area (Å²) in [4.78, 5) is 0. The zero-order valence-electron chi connectivity index (χ0n) is 20.8. The first-order valence-electron chi connectivity index (χ1n) is 12.8. The van der Waals surface area contributed by atoms with Gasteiger partial charge >= 0.3 is 0 Å². The van der Waals surface area contributed by atoms with Gasteiger partial charge in [0.05, 0.1) is 0 Å². The molecule has 37 heavy (non-hydrogen) atoms. The van der Waals surface area contributed by atoms with Gasteiger partial charge in [-0.15, -0.1) is 0 Å². The van der Waals surface area contributed by atoms with Gasteiger partial charge in [0, 0.05) is 39.6 Å². The molecule has 0 aliphatic heterocycles. The second-order valence-electron chi connectivity index (χ2n) is 10.7. The van der Waals surface area contributed by atoms with Crippen LogP contribution in [0, 0.1) is 0 Å². The highest BCUT2D eigenvalue weighted by atomic mass is 16.3. The molecule has 2 aromatic heterocycles. The highest BCUT2D eigenvalue weighted by Crippen LogP contribution is 2.49. The van der Waals surface area contributed by atoms with Crippen molar-refractivity contribution in [3.8, 4) is 22.3 Å². The summed E-state index contributed by atoms with van der Waals surface area (Å²) in [6.07, 6.45) is 0. The molecule has 178 valence electrons. The molecule has 0 spiro atoms. The first-order valence-corrected chi connectivity index (χ1v) is 12.8. The van der Waals surface area contributed by atoms with E-state index in [1.807, 2.05) is 18.2 Å². The Morgan fingerprint density at radius 1 is 0.568 bits per heavy atom. The van der Waals surface area contributed by atoms with E-state index in [1.165, 1.54) is 33.4 Å². The number of hydrogen-bond acceptors (Lipinski definition) is 3. The largest absolute Gasteiger partial charge is 0.456 e. The molecule has 0 radical (unpaired) electrons. The molecule has 0 saturated heterocycles. The van der Waals surface area contributed by atoms with E-state index in [9.17, 15) is 0 Å². The van der Waals surface area contributed by atoms with Crippen LogP contribution in [0.5, 0.6) is 0 Å². The van der Waals surface area contributed by atoms with Crippen molar-refractivity contribution >= 4 is 43.9 Å². The first kappa shape index (κ1) is 20.8. The summed E-state index contributed by atoms with van der Waals surface area (Å²) in [6.45, 7) is 5.15. The van der Waals surface area contributed by atoms with Crippen LogP contribution in [0.25, 0.3) is 66.1 Å². The standard InChI is InChI=1S/C34H25NO2/c1-34(2)28-6-4-3-5-22(28)23-10-8-21(15-29(23)34)20-9-12-31-25(14-20)27-16-26-24-13-19(18-35)7-11-30(24)36-32(26)17-33(27)37-31/h3-17H,18,35H2,1-2H3. The Morgan fingerprint density at radius 3 is 1.97 bits per heavy atom. The lowest BCUT2D eigenvalue weighted by atomic mass is 9.81. The van der Waals surface area contributed by atoms with Crippen LogP contribution < -0.4 is 5.73 Å². The third-order valence-electron chi connectivity index (χ3n) is 8.28. The number of furan rings is 2. The van der Waals surface area contributed by atoms with Crippen LogP contribution in [0.1, 0.15) is 30.5 Å². The molecule has 2 heterocycles. The minimum Gasteiger partial charge on any atom is -0.456 e. The summed E-state index contributed by atoms with van der Waals surface area (Å²) >= 11 is 0. The summed E-state index contributed by atoms with van der Waals surface area (Å²) in [7, 11) is 0. The quantitative estimate of drug-likeness (QED) is 0.269. The van der Waals surface area contributed by atoms with Gasteiger partial charge in [-0.1, -0.05) is 62.4 Å². The summed E-state index contributed by atoms with van der Waals surface area (Å²) in [6, 6.07) is 32.6. The zero-order chi connectivity index (χ0) is 24.9. The fraction of sp³-hybridized carbons (Fsp3) is 0.118. The van der Waals surface area contributed by atoms with Crippen molar-refractivity contribution in [1.82, 2.24) is 0 Å². The molecular formula is C34H25NO2. The van der Waals surface area contributed by atoms with Gasteiger partial charge in [-0.25, -0.2) is 0 Å². The van der Waals surface area contributed by atoms with Crippen LogP contribution >= 0.6 is 0 Å². The number of fused-ring (bicyclic) bond motifs is 9. The molecule has 1 aliphatic carbocycles. The van der Waals surface area contributed by atoms with Crippen molar-refractivity contribution in [3.63, 3.8) is 0 Å². The molecule has 0 fully saturated rings. The molecule has 5 aromatic carbocycles. The minimum atomic E-state index is -0.0231. The highest BCUT2D eigenvalue weighted by Gasteiger charge is 2.35. The first-order chi connectivity index (χ1) is 18.0. The molecule has 3 heteroatoms. The monoisotopic (exact) mass is 479 g/mol. The lowest BCUT2D eigenvalue weighted by Crippen LogP contribution is -2.14. The minimum absolute atomic E-state index is 0.0231. The van der Waals surface area contributed by atoms with Gasteiger partial charge in [-0.2, -0.15) is 0 Å². The van der Waals surface area contributed by atoms with Gasteiger partial charge in [0.1, 0.15) is 22.3 Å². The summed E-state index contributed by atoms with van der Waals surface area (Å²) < 4.78 is 12.4.